The Kier molecular flexibility index (Phi) is 6.93. The van der Waals surface area contributed by atoms with E-state index in [9.17, 15) is 8.78 Å². The van der Waals surface area contributed by atoms with Gasteiger partial charge in [-0.25, -0.2) is 0 Å². The molecule has 1 atom stereocenters. The Labute approximate surface area is 146 Å². The molecule has 0 aliphatic carbocycles. The van der Waals surface area contributed by atoms with Crippen molar-refractivity contribution >= 4 is 23.0 Å². The number of hydrogen-bond donors (Lipinski definition) is 2. The van der Waals surface area contributed by atoms with Gasteiger partial charge in [-0.1, -0.05) is 43.7 Å². The fraction of sp³-hybridized carbons (Fsp3) is 0.278. The van der Waals surface area contributed by atoms with Crippen LogP contribution >= 0.6 is 12.2 Å². The smallest absolute Gasteiger partial charge is 0.387 e. The molecule has 0 amide bonds. The SMILES string of the molecule is CCC[C@@H](NC(=S)Nc1ccc(OC(F)F)cc1)c1ccccc1. The maximum Gasteiger partial charge on any atom is 0.387 e. The van der Waals surface area contributed by atoms with Crippen molar-refractivity contribution < 1.29 is 13.5 Å². The first-order valence-corrected chi connectivity index (χ1v) is 8.16. The maximum absolute atomic E-state index is 12.1. The second-order valence-corrected chi connectivity index (χ2v) is 5.66. The summed E-state index contributed by atoms with van der Waals surface area (Å²) < 4.78 is 28.6. The number of ether oxygens (including phenoxy) is 1. The molecular weight excluding hydrogens is 330 g/mol. The van der Waals surface area contributed by atoms with E-state index < -0.39 is 6.61 Å². The van der Waals surface area contributed by atoms with Crippen LogP contribution in [0, 0.1) is 0 Å². The number of benzene rings is 2. The summed E-state index contributed by atoms with van der Waals surface area (Å²) in [7, 11) is 0. The average molecular weight is 350 g/mol. The average Bonchev–Trinajstić information content (AvgIpc) is 2.56. The third kappa shape index (κ3) is 5.77. The van der Waals surface area contributed by atoms with E-state index in [4.69, 9.17) is 12.2 Å². The van der Waals surface area contributed by atoms with Gasteiger partial charge in [0, 0.05) is 5.69 Å². The van der Waals surface area contributed by atoms with E-state index in [1.807, 2.05) is 18.2 Å². The van der Waals surface area contributed by atoms with Gasteiger partial charge >= 0.3 is 6.61 Å². The molecule has 128 valence electrons. The van der Waals surface area contributed by atoms with Gasteiger partial charge in [0.1, 0.15) is 5.75 Å². The van der Waals surface area contributed by atoms with Crippen molar-refractivity contribution in [3.63, 3.8) is 0 Å². The standard InChI is InChI=1S/C18H20F2N2OS/c1-2-6-16(13-7-4-3-5-8-13)22-18(24)21-14-9-11-15(12-10-14)23-17(19)20/h3-5,7-12,16-17H,2,6H2,1H3,(H2,21,22,24)/t16-/m1/s1. The van der Waals surface area contributed by atoms with Crippen LogP contribution < -0.4 is 15.4 Å². The van der Waals surface area contributed by atoms with Gasteiger partial charge in [-0.3, -0.25) is 0 Å². The Bertz CT molecular complexity index is 635. The normalized spacial score (nSPS) is 11.8. The Balaban J connectivity index is 1.95. The molecular formula is C18H20F2N2OS. The lowest BCUT2D eigenvalue weighted by molar-refractivity contribution is -0.0498. The van der Waals surface area contributed by atoms with Crippen LogP contribution in [0.15, 0.2) is 54.6 Å². The first kappa shape index (κ1) is 18.1. The molecule has 2 aromatic carbocycles. The molecule has 0 aliphatic rings. The summed E-state index contributed by atoms with van der Waals surface area (Å²) in [5.74, 6) is 0.113. The number of rotatable bonds is 7. The van der Waals surface area contributed by atoms with Crippen molar-refractivity contribution in [3.05, 3.63) is 60.2 Å². The molecule has 0 bridgehead atoms. The number of anilines is 1. The van der Waals surface area contributed by atoms with Crippen molar-refractivity contribution in [3.8, 4) is 5.75 Å². The molecule has 0 unspecified atom stereocenters. The molecule has 2 aromatic rings. The molecule has 0 fully saturated rings. The van der Waals surface area contributed by atoms with Crippen LogP contribution in [0.5, 0.6) is 5.75 Å². The number of thiocarbonyl (C=S) groups is 1. The largest absolute Gasteiger partial charge is 0.435 e. The van der Waals surface area contributed by atoms with Gasteiger partial charge in [0.15, 0.2) is 5.11 Å². The molecule has 0 aromatic heterocycles. The lowest BCUT2D eigenvalue weighted by Crippen LogP contribution is -2.32. The summed E-state index contributed by atoms with van der Waals surface area (Å²) in [6.07, 6.45) is 1.97. The highest BCUT2D eigenvalue weighted by Crippen LogP contribution is 2.20. The molecule has 2 N–H and O–H groups in total. The zero-order chi connectivity index (χ0) is 17.4. The lowest BCUT2D eigenvalue weighted by Gasteiger charge is -2.21. The Morgan fingerprint density at radius 2 is 1.75 bits per heavy atom. The molecule has 0 spiro atoms. The van der Waals surface area contributed by atoms with Crippen molar-refractivity contribution in [2.75, 3.05) is 5.32 Å². The van der Waals surface area contributed by atoms with Crippen LogP contribution in [0.4, 0.5) is 14.5 Å². The fourth-order valence-corrected chi connectivity index (χ4v) is 2.60. The second-order valence-electron chi connectivity index (χ2n) is 5.25. The van der Waals surface area contributed by atoms with E-state index in [2.05, 4.69) is 34.4 Å². The molecule has 0 aliphatic heterocycles. The van der Waals surface area contributed by atoms with Crippen molar-refractivity contribution in [1.29, 1.82) is 0 Å². The molecule has 3 nitrogen and oxygen atoms in total. The zero-order valence-electron chi connectivity index (χ0n) is 13.3. The highest BCUT2D eigenvalue weighted by molar-refractivity contribution is 7.80. The minimum atomic E-state index is -2.83. The van der Waals surface area contributed by atoms with E-state index in [0.29, 0.717) is 10.8 Å². The predicted octanol–water partition coefficient (Wildman–Crippen LogP) is 5.12. The quantitative estimate of drug-likeness (QED) is 0.680. The zero-order valence-corrected chi connectivity index (χ0v) is 14.2. The molecule has 24 heavy (non-hydrogen) atoms. The van der Waals surface area contributed by atoms with Gasteiger partial charge in [0.05, 0.1) is 6.04 Å². The van der Waals surface area contributed by atoms with E-state index in [1.165, 1.54) is 17.7 Å². The van der Waals surface area contributed by atoms with Gasteiger partial charge in [-0.15, -0.1) is 0 Å². The maximum atomic E-state index is 12.1. The van der Waals surface area contributed by atoms with Crippen LogP contribution in [0.25, 0.3) is 0 Å². The van der Waals surface area contributed by atoms with Gasteiger partial charge in [-0.2, -0.15) is 8.78 Å². The molecule has 0 saturated heterocycles. The first-order chi connectivity index (χ1) is 11.6. The number of alkyl halides is 2. The van der Waals surface area contributed by atoms with Crippen molar-refractivity contribution in [2.24, 2.45) is 0 Å². The molecule has 6 heteroatoms. The topological polar surface area (TPSA) is 33.3 Å². The van der Waals surface area contributed by atoms with Crippen LogP contribution in [0.2, 0.25) is 0 Å². The molecule has 0 saturated carbocycles. The summed E-state index contributed by atoms with van der Waals surface area (Å²) in [6.45, 7) is -0.706. The number of hydrogen-bond acceptors (Lipinski definition) is 2. The lowest BCUT2D eigenvalue weighted by atomic mass is 10.0. The van der Waals surface area contributed by atoms with E-state index in [0.717, 1.165) is 12.8 Å². The van der Waals surface area contributed by atoms with E-state index in [1.54, 1.807) is 12.1 Å². The number of nitrogens with one attached hydrogen (secondary N) is 2. The molecule has 0 radical (unpaired) electrons. The van der Waals surface area contributed by atoms with Crippen molar-refractivity contribution in [1.82, 2.24) is 5.32 Å². The Morgan fingerprint density at radius 1 is 1.08 bits per heavy atom. The highest BCUT2D eigenvalue weighted by Gasteiger charge is 2.11. The molecule has 0 heterocycles. The van der Waals surface area contributed by atoms with E-state index >= 15 is 0 Å². The van der Waals surface area contributed by atoms with E-state index in [-0.39, 0.29) is 11.8 Å². The minimum Gasteiger partial charge on any atom is -0.435 e. The van der Waals surface area contributed by atoms with Gasteiger partial charge < -0.3 is 15.4 Å². The Morgan fingerprint density at radius 3 is 2.33 bits per heavy atom. The van der Waals surface area contributed by atoms with Gasteiger partial charge in [0.25, 0.3) is 0 Å². The first-order valence-electron chi connectivity index (χ1n) is 7.76. The summed E-state index contributed by atoms with van der Waals surface area (Å²) in [5.41, 5.74) is 1.88. The third-order valence-electron chi connectivity index (χ3n) is 3.42. The molecule has 2 rings (SSSR count). The predicted molar refractivity (Wildman–Crippen MR) is 96.5 cm³/mol. The van der Waals surface area contributed by atoms with Crippen LogP contribution in [0.1, 0.15) is 31.4 Å². The minimum absolute atomic E-state index is 0.113. The number of halogens is 2. The summed E-state index contributed by atoms with van der Waals surface area (Å²) in [5, 5.41) is 6.84. The summed E-state index contributed by atoms with van der Waals surface area (Å²) >= 11 is 5.36. The summed E-state index contributed by atoms with van der Waals surface area (Å²) in [4.78, 5) is 0. The van der Waals surface area contributed by atoms with Crippen LogP contribution in [-0.4, -0.2) is 11.7 Å². The van der Waals surface area contributed by atoms with Gasteiger partial charge in [0.2, 0.25) is 0 Å². The van der Waals surface area contributed by atoms with Crippen LogP contribution in [0.3, 0.4) is 0 Å². The van der Waals surface area contributed by atoms with Crippen LogP contribution in [-0.2, 0) is 0 Å². The van der Waals surface area contributed by atoms with Gasteiger partial charge in [-0.05, 0) is 48.5 Å². The highest BCUT2D eigenvalue weighted by atomic mass is 32.1. The summed E-state index contributed by atoms with van der Waals surface area (Å²) in [6, 6.07) is 16.4. The second kappa shape index (κ2) is 9.17. The fourth-order valence-electron chi connectivity index (χ4n) is 2.34. The monoisotopic (exact) mass is 350 g/mol. The van der Waals surface area contributed by atoms with Crippen molar-refractivity contribution in [2.45, 2.75) is 32.4 Å². The Hall–Kier alpha value is -2.21. The third-order valence-corrected chi connectivity index (χ3v) is 3.64.